The molecule has 14 rings (SSSR count). The number of rotatable bonds is 7. The van der Waals surface area contributed by atoms with E-state index in [1.807, 2.05) is 12.1 Å². The fraction of sp³-hybridized carbons (Fsp3) is 0.0870. The summed E-state index contributed by atoms with van der Waals surface area (Å²) in [6.07, 6.45) is 0. The Labute approximate surface area is 447 Å². The molecule has 5 nitrogen and oxygen atoms in total. The Morgan fingerprint density at radius 2 is 0.789 bits per heavy atom. The van der Waals surface area contributed by atoms with Gasteiger partial charge in [0, 0.05) is 49.0 Å². The Balaban J connectivity index is 0.000000148. The minimum atomic E-state index is -0.425. The number of hydrogen-bond donors (Lipinski definition) is 0. The summed E-state index contributed by atoms with van der Waals surface area (Å²) in [5, 5.41) is 8.09. The lowest BCUT2D eigenvalue weighted by atomic mass is 9.78. The van der Waals surface area contributed by atoms with Crippen LogP contribution in [0.2, 0.25) is 0 Å². The average Bonchev–Trinajstić information content (AvgIpc) is 4.06. The molecule has 7 heteroatoms. The van der Waals surface area contributed by atoms with Crippen LogP contribution in [-0.2, 0) is 9.31 Å². The van der Waals surface area contributed by atoms with Crippen LogP contribution in [0.15, 0.2) is 243 Å². The molecule has 4 heterocycles. The first-order chi connectivity index (χ1) is 37.2. The van der Waals surface area contributed by atoms with Crippen molar-refractivity contribution in [3.8, 4) is 66.5 Å². The number of pyridine rings is 2. The minimum Gasteiger partial charge on any atom is -0.399 e. The quantitative estimate of drug-likeness (QED) is 0.118. The third-order valence-corrected chi connectivity index (χ3v) is 16.3. The van der Waals surface area contributed by atoms with E-state index in [0.717, 1.165) is 87.8 Å². The van der Waals surface area contributed by atoms with Crippen LogP contribution in [0.25, 0.3) is 120 Å². The monoisotopic (exact) mass is 997 g/mol. The normalized spacial score (nSPS) is 13.9. The Morgan fingerprint density at radius 3 is 1.32 bits per heavy atom. The van der Waals surface area contributed by atoms with Gasteiger partial charge in [-0.1, -0.05) is 218 Å². The van der Waals surface area contributed by atoms with Gasteiger partial charge in [-0.05, 0) is 90.8 Å². The van der Waals surface area contributed by atoms with Crippen molar-refractivity contribution in [1.82, 2.24) is 15.0 Å². The van der Waals surface area contributed by atoms with E-state index in [4.69, 9.17) is 24.3 Å². The Hall–Kier alpha value is -8.59. The predicted octanol–water partition coefficient (Wildman–Crippen LogP) is 17.7. The Kier molecular flexibility index (Phi) is 12.0. The van der Waals surface area contributed by atoms with Gasteiger partial charge in [0.2, 0.25) is 0 Å². The second kappa shape index (κ2) is 19.3. The van der Waals surface area contributed by atoms with Crippen LogP contribution in [0.3, 0.4) is 0 Å². The zero-order chi connectivity index (χ0) is 51.4. The number of fused-ring (bicyclic) bond motifs is 7. The van der Waals surface area contributed by atoms with Gasteiger partial charge in [-0.2, -0.15) is 0 Å². The van der Waals surface area contributed by atoms with Crippen molar-refractivity contribution in [3.63, 3.8) is 0 Å². The van der Waals surface area contributed by atoms with Crippen molar-refractivity contribution in [1.29, 1.82) is 0 Å². The summed E-state index contributed by atoms with van der Waals surface area (Å²) in [4.78, 5) is 15.3. The molecule has 364 valence electrons. The number of thiazole rings is 1. The molecule has 1 aliphatic heterocycles. The van der Waals surface area contributed by atoms with Gasteiger partial charge in [-0.15, -0.1) is 11.3 Å². The number of benzene rings is 10. The SMILES string of the molecule is CC1(C)OB(c2ccc3c(c2)nc(-c2ccccc2)c2cccc(-c4ccccc4)c23)OC1(C)C.c1ccc(-c2nc3cc(-c4ccc(-c5nc6ccccc6s5)cc4)ccc3c3c(-c4ccccc4)cccc23)cc1. The van der Waals surface area contributed by atoms with E-state index in [1.165, 1.54) is 37.7 Å². The molecule has 13 aromatic rings. The van der Waals surface area contributed by atoms with Crippen LogP contribution in [0.4, 0.5) is 0 Å². The molecule has 0 aliphatic carbocycles. The largest absolute Gasteiger partial charge is 0.494 e. The van der Waals surface area contributed by atoms with Gasteiger partial charge in [0.1, 0.15) is 5.01 Å². The number of aromatic nitrogens is 3. The highest BCUT2D eigenvalue weighted by Crippen LogP contribution is 2.42. The molecule has 0 bridgehead atoms. The molecule has 0 amide bonds. The zero-order valence-corrected chi connectivity index (χ0v) is 43.6. The summed E-state index contributed by atoms with van der Waals surface area (Å²) in [7, 11) is -0.425. The first-order valence-corrected chi connectivity index (χ1v) is 26.7. The summed E-state index contributed by atoms with van der Waals surface area (Å²) in [6.45, 7) is 8.33. The number of para-hydroxylation sites is 1. The molecule has 76 heavy (non-hydrogen) atoms. The van der Waals surface area contributed by atoms with E-state index >= 15 is 0 Å². The maximum Gasteiger partial charge on any atom is 0.494 e. The van der Waals surface area contributed by atoms with Crippen LogP contribution < -0.4 is 5.46 Å². The van der Waals surface area contributed by atoms with Crippen molar-refractivity contribution in [2.24, 2.45) is 0 Å². The molecule has 1 saturated heterocycles. The first kappa shape index (κ1) is 47.2. The first-order valence-electron chi connectivity index (χ1n) is 25.9. The van der Waals surface area contributed by atoms with Crippen LogP contribution in [0, 0.1) is 0 Å². The van der Waals surface area contributed by atoms with Crippen LogP contribution in [-0.4, -0.2) is 33.3 Å². The second-order valence-electron chi connectivity index (χ2n) is 20.5. The highest BCUT2D eigenvalue weighted by atomic mass is 32.1. The molecule has 0 unspecified atom stereocenters. The fourth-order valence-electron chi connectivity index (χ4n) is 10.6. The van der Waals surface area contributed by atoms with Crippen molar-refractivity contribution >= 4 is 77.5 Å². The summed E-state index contributed by atoms with van der Waals surface area (Å²) in [5.41, 5.74) is 15.7. The Bertz CT molecular complexity index is 4230. The number of nitrogens with zero attached hydrogens (tertiary/aromatic N) is 3. The van der Waals surface area contributed by atoms with Gasteiger partial charge in [0.15, 0.2) is 0 Å². The molecule has 1 fully saturated rings. The minimum absolute atomic E-state index is 0.390. The molecule has 0 N–H and O–H groups in total. The molecule has 0 saturated carbocycles. The average molecular weight is 998 g/mol. The summed E-state index contributed by atoms with van der Waals surface area (Å²) >= 11 is 1.73. The van der Waals surface area contributed by atoms with Gasteiger partial charge in [0.05, 0.1) is 43.8 Å². The highest BCUT2D eigenvalue weighted by Gasteiger charge is 2.51. The standard InChI is InChI=1S/C38H24N2S.C31H28BNO2/c1-3-10-26(11-4-1)30-14-9-15-32-36(30)31-23-22-29(24-34(31)39-37(32)27-12-5-2-6-13-27)25-18-20-28(21-19-25)38-40-33-16-7-8-17-35(33)41-38;1-30(2)31(3,4)35-32(34-30)23-18-19-25-27(20-23)33-29(22-14-9-6-10-15-22)26-17-11-16-24(28(25)26)21-12-7-5-8-13-21/h1-24H;5-20H,1-4H3. The summed E-state index contributed by atoms with van der Waals surface area (Å²) in [6, 6.07) is 85.4. The van der Waals surface area contributed by atoms with Gasteiger partial charge in [0.25, 0.3) is 0 Å². The van der Waals surface area contributed by atoms with Gasteiger partial charge in [-0.25, -0.2) is 15.0 Å². The van der Waals surface area contributed by atoms with Gasteiger partial charge in [-0.3, -0.25) is 0 Å². The topological polar surface area (TPSA) is 57.1 Å². The van der Waals surface area contributed by atoms with Crippen LogP contribution in [0.1, 0.15) is 27.7 Å². The molecule has 0 atom stereocenters. The zero-order valence-electron chi connectivity index (χ0n) is 42.7. The van der Waals surface area contributed by atoms with E-state index in [2.05, 4.69) is 258 Å². The van der Waals surface area contributed by atoms with Crippen molar-refractivity contribution in [3.05, 3.63) is 243 Å². The van der Waals surface area contributed by atoms with Crippen molar-refractivity contribution < 1.29 is 9.31 Å². The van der Waals surface area contributed by atoms with Gasteiger partial charge < -0.3 is 9.31 Å². The van der Waals surface area contributed by atoms with Crippen LogP contribution >= 0.6 is 11.3 Å². The molecule has 0 spiro atoms. The fourth-order valence-corrected chi connectivity index (χ4v) is 11.6. The predicted molar refractivity (Wildman–Crippen MR) is 320 cm³/mol. The highest BCUT2D eigenvalue weighted by molar-refractivity contribution is 7.21. The second-order valence-corrected chi connectivity index (χ2v) is 21.5. The maximum atomic E-state index is 6.34. The summed E-state index contributed by atoms with van der Waals surface area (Å²) in [5.74, 6) is 0. The van der Waals surface area contributed by atoms with E-state index in [-0.39, 0.29) is 11.2 Å². The maximum absolute atomic E-state index is 6.34. The number of hydrogen-bond acceptors (Lipinski definition) is 6. The molecular formula is C69H52BN3O2S. The summed E-state index contributed by atoms with van der Waals surface area (Å²) < 4.78 is 13.9. The lowest BCUT2D eigenvalue weighted by Crippen LogP contribution is -2.41. The molecule has 10 aromatic carbocycles. The van der Waals surface area contributed by atoms with Crippen LogP contribution in [0.5, 0.6) is 0 Å². The molecular weight excluding hydrogens is 946 g/mol. The molecule has 0 radical (unpaired) electrons. The smallest absolute Gasteiger partial charge is 0.399 e. The molecule has 1 aliphatic rings. The van der Waals surface area contributed by atoms with Crippen molar-refractivity contribution in [2.75, 3.05) is 0 Å². The van der Waals surface area contributed by atoms with Gasteiger partial charge >= 0.3 is 7.12 Å². The third-order valence-electron chi connectivity index (χ3n) is 15.2. The van der Waals surface area contributed by atoms with Crippen molar-refractivity contribution in [2.45, 2.75) is 38.9 Å². The molecule has 3 aromatic heterocycles. The van der Waals surface area contributed by atoms with E-state index in [0.29, 0.717) is 0 Å². The lowest BCUT2D eigenvalue weighted by Gasteiger charge is -2.32. The van der Waals surface area contributed by atoms with E-state index in [9.17, 15) is 0 Å². The lowest BCUT2D eigenvalue weighted by molar-refractivity contribution is 0.00578. The third kappa shape index (κ3) is 8.62. The van der Waals surface area contributed by atoms with E-state index in [1.54, 1.807) is 11.3 Å². The van der Waals surface area contributed by atoms with E-state index < -0.39 is 7.12 Å². The Morgan fingerprint density at radius 1 is 0.342 bits per heavy atom.